The average molecular weight is 333 g/mol. The minimum absolute atomic E-state index is 0.0983. The summed E-state index contributed by atoms with van der Waals surface area (Å²) >= 11 is 7.15. The van der Waals surface area contributed by atoms with Gasteiger partial charge in [-0.05, 0) is 36.4 Å². The molecule has 2 rings (SSSR count). The Kier molecular flexibility index (Phi) is 6.13. The lowest BCUT2D eigenvalue weighted by atomic mass is 10.3. The molecule has 0 fully saturated rings. The van der Waals surface area contributed by atoms with Crippen molar-refractivity contribution in [1.29, 1.82) is 5.26 Å². The molecule has 6 heteroatoms. The number of carbonyl (C=O) groups excluding carboxylic acids is 1. The molecule has 0 aliphatic rings. The molecule has 0 spiro atoms. The molecular weight excluding hydrogens is 320 g/mol. The number of nitrogens with one attached hydrogen (secondary N) is 1. The lowest BCUT2D eigenvalue weighted by Crippen LogP contribution is -2.20. The van der Waals surface area contributed by atoms with Crippen LogP contribution < -0.4 is 10.1 Å². The molecule has 2 aromatic rings. The SMILES string of the molecule is N#CCSc1ccccc1NC(=O)COc1ccc(Cl)cc1. The summed E-state index contributed by atoms with van der Waals surface area (Å²) in [7, 11) is 0. The van der Waals surface area contributed by atoms with Gasteiger partial charge in [0.25, 0.3) is 5.91 Å². The van der Waals surface area contributed by atoms with E-state index in [1.54, 1.807) is 30.3 Å². The molecule has 22 heavy (non-hydrogen) atoms. The molecule has 0 saturated carbocycles. The number of ether oxygens (including phenoxy) is 1. The van der Waals surface area contributed by atoms with Gasteiger partial charge in [-0.2, -0.15) is 5.26 Å². The lowest BCUT2D eigenvalue weighted by Gasteiger charge is -2.10. The average Bonchev–Trinajstić information content (AvgIpc) is 2.53. The summed E-state index contributed by atoms with van der Waals surface area (Å²) < 4.78 is 5.39. The van der Waals surface area contributed by atoms with Crippen molar-refractivity contribution >= 4 is 35.0 Å². The van der Waals surface area contributed by atoms with Gasteiger partial charge in [-0.15, -0.1) is 11.8 Å². The van der Waals surface area contributed by atoms with Crippen LogP contribution in [0.1, 0.15) is 0 Å². The number of benzene rings is 2. The van der Waals surface area contributed by atoms with Gasteiger partial charge in [0, 0.05) is 9.92 Å². The maximum absolute atomic E-state index is 11.9. The molecule has 0 aliphatic carbocycles. The molecule has 0 unspecified atom stereocenters. The molecule has 112 valence electrons. The van der Waals surface area contributed by atoms with Crippen LogP contribution in [0.5, 0.6) is 5.75 Å². The van der Waals surface area contributed by atoms with Crippen molar-refractivity contribution in [3.63, 3.8) is 0 Å². The minimum atomic E-state index is -0.264. The highest BCUT2D eigenvalue weighted by atomic mass is 35.5. The molecule has 0 atom stereocenters. The number of rotatable bonds is 6. The minimum Gasteiger partial charge on any atom is -0.484 e. The van der Waals surface area contributed by atoms with Crippen molar-refractivity contribution < 1.29 is 9.53 Å². The summed E-state index contributed by atoms with van der Waals surface area (Å²) in [6, 6.07) is 16.2. The quantitative estimate of drug-likeness (QED) is 0.813. The number of hydrogen-bond donors (Lipinski definition) is 1. The Bertz CT molecular complexity index is 683. The Balaban J connectivity index is 1.92. The van der Waals surface area contributed by atoms with E-state index in [1.807, 2.05) is 18.2 Å². The van der Waals surface area contributed by atoms with Crippen LogP contribution in [0.4, 0.5) is 5.69 Å². The third-order valence-corrected chi connectivity index (χ3v) is 3.83. The third kappa shape index (κ3) is 4.99. The predicted molar refractivity (Wildman–Crippen MR) is 88.4 cm³/mol. The molecule has 0 heterocycles. The second-order valence-electron chi connectivity index (χ2n) is 4.23. The van der Waals surface area contributed by atoms with Crippen molar-refractivity contribution in [3.05, 3.63) is 53.6 Å². The van der Waals surface area contributed by atoms with Crippen LogP contribution in [0.2, 0.25) is 5.02 Å². The van der Waals surface area contributed by atoms with E-state index in [1.165, 1.54) is 11.8 Å². The normalized spacial score (nSPS) is 9.82. The highest BCUT2D eigenvalue weighted by Crippen LogP contribution is 2.26. The van der Waals surface area contributed by atoms with E-state index < -0.39 is 0 Å². The Morgan fingerprint density at radius 2 is 1.95 bits per heavy atom. The third-order valence-electron chi connectivity index (χ3n) is 2.64. The molecule has 0 aliphatic heterocycles. The molecule has 4 nitrogen and oxygen atoms in total. The molecular formula is C16H13ClN2O2S. The van der Waals surface area contributed by atoms with Crippen LogP contribution in [-0.2, 0) is 4.79 Å². The van der Waals surface area contributed by atoms with E-state index in [0.29, 0.717) is 22.2 Å². The van der Waals surface area contributed by atoms with Crippen LogP contribution >= 0.6 is 23.4 Å². The number of halogens is 1. The van der Waals surface area contributed by atoms with E-state index >= 15 is 0 Å². The summed E-state index contributed by atoms with van der Waals surface area (Å²) in [5, 5.41) is 12.0. The van der Waals surface area contributed by atoms with Crippen LogP contribution in [0.3, 0.4) is 0 Å². The zero-order valence-electron chi connectivity index (χ0n) is 11.6. The first-order valence-corrected chi connectivity index (χ1v) is 7.82. The Hall–Kier alpha value is -2.16. The number of carbonyl (C=O) groups is 1. The van der Waals surface area contributed by atoms with E-state index in [9.17, 15) is 4.79 Å². The number of para-hydroxylation sites is 1. The second-order valence-corrected chi connectivity index (χ2v) is 5.69. The van der Waals surface area contributed by atoms with Crippen molar-refractivity contribution in [2.45, 2.75) is 4.90 Å². The summed E-state index contributed by atoms with van der Waals surface area (Å²) in [6.07, 6.45) is 0. The summed E-state index contributed by atoms with van der Waals surface area (Å²) in [5.41, 5.74) is 0.674. The summed E-state index contributed by atoms with van der Waals surface area (Å²) in [5.74, 6) is 0.639. The standard InChI is InChI=1S/C16H13ClN2O2S/c17-12-5-7-13(8-6-12)21-11-16(20)19-14-3-1-2-4-15(14)22-10-9-18/h1-8H,10-11H2,(H,19,20). The fraction of sp³-hybridized carbons (Fsp3) is 0.125. The molecule has 1 N–H and O–H groups in total. The molecule has 0 bridgehead atoms. The Morgan fingerprint density at radius 3 is 2.68 bits per heavy atom. The van der Waals surface area contributed by atoms with Gasteiger partial charge in [0.1, 0.15) is 5.75 Å². The molecule has 1 amide bonds. The monoisotopic (exact) mass is 332 g/mol. The van der Waals surface area contributed by atoms with Gasteiger partial charge >= 0.3 is 0 Å². The second kappa shape index (κ2) is 8.32. The zero-order valence-corrected chi connectivity index (χ0v) is 13.2. The maximum atomic E-state index is 11.9. The first-order chi connectivity index (χ1) is 10.7. The number of hydrogen-bond acceptors (Lipinski definition) is 4. The molecule has 0 saturated heterocycles. The van der Waals surface area contributed by atoms with E-state index in [0.717, 1.165) is 4.90 Å². The Morgan fingerprint density at radius 1 is 1.23 bits per heavy atom. The number of thioether (sulfide) groups is 1. The smallest absolute Gasteiger partial charge is 0.262 e. The van der Waals surface area contributed by atoms with Gasteiger partial charge in [-0.1, -0.05) is 23.7 Å². The molecule has 0 radical (unpaired) electrons. The Labute approximate surface area is 138 Å². The van der Waals surface area contributed by atoms with E-state index in [-0.39, 0.29) is 12.5 Å². The van der Waals surface area contributed by atoms with Gasteiger partial charge in [0.15, 0.2) is 6.61 Å². The van der Waals surface area contributed by atoms with Crippen LogP contribution in [0.25, 0.3) is 0 Å². The lowest BCUT2D eigenvalue weighted by molar-refractivity contribution is -0.118. The molecule has 0 aromatic heterocycles. The fourth-order valence-electron chi connectivity index (χ4n) is 1.67. The number of nitrogens with zero attached hydrogens (tertiary/aromatic N) is 1. The van der Waals surface area contributed by atoms with Crippen LogP contribution in [-0.4, -0.2) is 18.3 Å². The largest absolute Gasteiger partial charge is 0.484 e. The van der Waals surface area contributed by atoms with Gasteiger partial charge < -0.3 is 10.1 Å². The summed E-state index contributed by atoms with van der Waals surface area (Å²) in [4.78, 5) is 12.8. The van der Waals surface area contributed by atoms with Crippen molar-refractivity contribution in [2.75, 3.05) is 17.7 Å². The predicted octanol–water partition coefficient (Wildman–Crippen LogP) is 3.97. The highest BCUT2D eigenvalue weighted by molar-refractivity contribution is 7.99. The van der Waals surface area contributed by atoms with Crippen LogP contribution in [0.15, 0.2) is 53.4 Å². The van der Waals surface area contributed by atoms with E-state index in [2.05, 4.69) is 11.4 Å². The number of nitriles is 1. The van der Waals surface area contributed by atoms with E-state index in [4.69, 9.17) is 21.6 Å². The highest BCUT2D eigenvalue weighted by Gasteiger charge is 2.07. The topological polar surface area (TPSA) is 62.1 Å². The van der Waals surface area contributed by atoms with Gasteiger partial charge in [-0.3, -0.25) is 4.79 Å². The van der Waals surface area contributed by atoms with Gasteiger partial charge in [-0.25, -0.2) is 0 Å². The van der Waals surface area contributed by atoms with Crippen molar-refractivity contribution in [1.82, 2.24) is 0 Å². The first-order valence-electron chi connectivity index (χ1n) is 6.46. The fourth-order valence-corrected chi connectivity index (χ4v) is 2.47. The number of amides is 1. The summed E-state index contributed by atoms with van der Waals surface area (Å²) in [6.45, 7) is -0.0983. The van der Waals surface area contributed by atoms with Crippen molar-refractivity contribution in [2.24, 2.45) is 0 Å². The first kappa shape index (κ1) is 16.2. The van der Waals surface area contributed by atoms with Crippen molar-refractivity contribution in [3.8, 4) is 11.8 Å². The number of anilines is 1. The molecule has 2 aromatic carbocycles. The van der Waals surface area contributed by atoms with Gasteiger partial charge in [0.05, 0.1) is 17.5 Å². The zero-order chi connectivity index (χ0) is 15.8. The maximum Gasteiger partial charge on any atom is 0.262 e. The van der Waals surface area contributed by atoms with Gasteiger partial charge in [0.2, 0.25) is 0 Å². The van der Waals surface area contributed by atoms with Crippen LogP contribution in [0, 0.1) is 11.3 Å².